The number of nitrogens with two attached hydrogens (primary N) is 1. The van der Waals surface area contributed by atoms with Crippen LogP contribution < -0.4 is 5.73 Å². The lowest BCUT2D eigenvalue weighted by Crippen LogP contribution is -2.00. The van der Waals surface area contributed by atoms with Crippen LogP contribution in [0.25, 0.3) is 0 Å². The Morgan fingerprint density at radius 2 is 2.44 bits per heavy atom. The van der Waals surface area contributed by atoms with E-state index >= 15 is 0 Å². The maximum atomic E-state index is 5.36. The Kier molecular flexibility index (Phi) is 2.59. The minimum atomic E-state index is 0.817. The normalized spacial score (nSPS) is 15.4. The fourth-order valence-corrected chi connectivity index (χ4v) is 1.01. The van der Waals surface area contributed by atoms with E-state index in [-0.39, 0.29) is 0 Å². The molecular weight excluding hydrogens is 109 g/mol. The van der Waals surface area contributed by atoms with E-state index in [9.17, 15) is 0 Å². The van der Waals surface area contributed by atoms with Crippen molar-refractivity contribution in [2.75, 3.05) is 6.54 Å². The summed E-state index contributed by atoms with van der Waals surface area (Å²) in [5.41, 5.74) is 6.89. The third-order valence-corrected chi connectivity index (χ3v) is 1.55. The van der Waals surface area contributed by atoms with Crippen molar-refractivity contribution < 1.29 is 0 Å². The molecule has 1 heterocycles. The van der Waals surface area contributed by atoms with Crippen molar-refractivity contribution in [3.05, 3.63) is 23.6 Å². The Morgan fingerprint density at radius 1 is 1.56 bits per heavy atom. The molecule has 48 valence electrons. The Bertz CT molecular complexity index is 138. The number of hydrogen-bond acceptors (Lipinski definition) is 1. The van der Waals surface area contributed by atoms with Gasteiger partial charge in [0.2, 0.25) is 0 Å². The van der Waals surface area contributed by atoms with Crippen molar-refractivity contribution in [1.82, 2.24) is 0 Å². The summed E-state index contributed by atoms with van der Waals surface area (Å²) in [6, 6.07) is 0. The van der Waals surface area contributed by atoms with Gasteiger partial charge in [0.05, 0.1) is 0 Å². The summed E-state index contributed by atoms with van der Waals surface area (Å²) in [5, 5.41) is 0. The lowest BCUT2D eigenvalue weighted by Gasteiger charge is -1.95. The number of hydrogen-bond donors (Lipinski definition) is 1. The highest BCUT2D eigenvalue weighted by atomic mass is 14.5. The summed E-state index contributed by atoms with van der Waals surface area (Å²) in [6.07, 6.45) is 6.62. The minimum absolute atomic E-state index is 0.817. The highest BCUT2D eigenvalue weighted by molar-refractivity contribution is 6.52. The third-order valence-electron chi connectivity index (χ3n) is 1.55. The highest BCUT2D eigenvalue weighted by Crippen LogP contribution is 2.07. The van der Waals surface area contributed by atoms with Crippen LogP contribution >= 0.6 is 0 Å². The molecular formula is C7H12BN. The first-order valence-electron chi connectivity index (χ1n) is 3.48. The maximum absolute atomic E-state index is 5.36. The molecule has 0 aromatic carbocycles. The Balaban J connectivity index is 2.14. The van der Waals surface area contributed by atoms with Crippen molar-refractivity contribution in [3.8, 4) is 0 Å². The van der Waals surface area contributed by atoms with E-state index < -0.39 is 0 Å². The summed E-state index contributed by atoms with van der Waals surface area (Å²) in [7, 11) is 1.15. The van der Waals surface area contributed by atoms with Crippen LogP contribution in [0.1, 0.15) is 12.8 Å². The molecule has 0 bridgehead atoms. The van der Waals surface area contributed by atoms with E-state index in [1.807, 2.05) is 0 Å². The van der Waals surface area contributed by atoms with Gasteiger partial charge < -0.3 is 5.73 Å². The second-order valence-corrected chi connectivity index (χ2v) is 2.35. The van der Waals surface area contributed by atoms with Crippen LogP contribution in [0.5, 0.6) is 0 Å². The van der Waals surface area contributed by atoms with Gasteiger partial charge in [-0.1, -0.05) is 12.2 Å². The SMILES string of the molecule is NCCCC1=CC=CB1. The van der Waals surface area contributed by atoms with E-state index in [0.29, 0.717) is 0 Å². The van der Waals surface area contributed by atoms with Gasteiger partial charge in [-0.3, -0.25) is 0 Å². The van der Waals surface area contributed by atoms with E-state index in [2.05, 4.69) is 18.1 Å². The molecule has 1 rings (SSSR count). The molecule has 0 spiro atoms. The van der Waals surface area contributed by atoms with Gasteiger partial charge in [-0.25, -0.2) is 0 Å². The summed E-state index contributed by atoms with van der Waals surface area (Å²) in [4.78, 5) is 0. The average Bonchev–Trinajstić information content (AvgIpc) is 2.34. The van der Waals surface area contributed by atoms with Crippen molar-refractivity contribution >= 4 is 7.28 Å². The van der Waals surface area contributed by atoms with Gasteiger partial charge in [0.1, 0.15) is 0 Å². The molecule has 0 fully saturated rings. The van der Waals surface area contributed by atoms with Crippen molar-refractivity contribution in [2.24, 2.45) is 5.73 Å². The molecule has 0 radical (unpaired) electrons. The Morgan fingerprint density at radius 3 is 3.00 bits per heavy atom. The highest BCUT2D eigenvalue weighted by Gasteiger charge is 1.98. The Hall–Kier alpha value is -0.495. The molecule has 9 heavy (non-hydrogen) atoms. The zero-order valence-corrected chi connectivity index (χ0v) is 5.64. The fourth-order valence-electron chi connectivity index (χ4n) is 1.01. The van der Waals surface area contributed by atoms with Crippen molar-refractivity contribution in [1.29, 1.82) is 0 Å². The molecule has 0 saturated heterocycles. The Labute approximate surface area is 56.9 Å². The summed E-state index contributed by atoms with van der Waals surface area (Å²) >= 11 is 0. The van der Waals surface area contributed by atoms with Crippen LogP contribution in [-0.2, 0) is 0 Å². The van der Waals surface area contributed by atoms with Gasteiger partial charge >= 0.3 is 0 Å². The predicted molar refractivity (Wildman–Crippen MR) is 42.7 cm³/mol. The quantitative estimate of drug-likeness (QED) is 0.542. The van der Waals surface area contributed by atoms with Crippen LogP contribution in [0.2, 0.25) is 0 Å². The maximum Gasteiger partial charge on any atom is 0.177 e. The van der Waals surface area contributed by atoms with Gasteiger partial charge in [0.25, 0.3) is 0 Å². The number of rotatable bonds is 3. The molecule has 0 amide bonds. The van der Waals surface area contributed by atoms with E-state index in [4.69, 9.17) is 5.73 Å². The largest absolute Gasteiger partial charge is 0.330 e. The minimum Gasteiger partial charge on any atom is -0.330 e. The van der Waals surface area contributed by atoms with Gasteiger partial charge in [-0.15, -0.1) is 11.4 Å². The first-order valence-corrected chi connectivity index (χ1v) is 3.48. The third kappa shape index (κ3) is 2.06. The summed E-state index contributed by atoms with van der Waals surface area (Å²) < 4.78 is 0. The first-order chi connectivity index (χ1) is 4.43. The lowest BCUT2D eigenvalue weighted by molar-refractivity contribution is 0.846. The molecule has 0 unspecified atom stereocenters. The van der Waals surface area contributed by atoms with Crippen LogP contribution in [0, 0.1) is 0 Å². The van der Waals surface area contributed by atoms with Crippen LogP contribution in [0.4, 0.5) is 0 Å². The van der Waals surface area contributed by atoms with Gasteiger partial charge in [-0.2, -0.15) is 0 Å². The molecule has 1 nitrogen and oxygen atoms in total. The number of allylic oxidation sites excluding steroid dienone is 3. The average molecular weight is 121 g/mol. The fraction of sp³-hybridized carbons (Fsp3) is 0.429. The van der Waals surface area contributed by atoms with E-state index in [1.165, 1.54) is 11.9 Å². The molecule has 2 N–H and O–H groups in total. The zero-order valence-electron chi connectivity index (χ0n) is 5.64. The monoisotopic (exact) mass is 121 g/mol. The van der Waals surface area contributed by atoms with E-state index in [1.54, 1.807) is 0 Å². The van der Waals surface area contributed by atoms with Crippen molar-refractivity contribution in [2.45, 2.75) is 12.8 Å². The zero-order chi connectivity index (χ0) is 6.53. The molecule has 0 saturated carbocycles. The molecule has 0 aromatic heterocycles. The molecule has 0 aliphatic carbocycles. The topological polar surface area (TPSA) is 26.0 Å². The first kappa shape index (κ1) is 6.62. The smallest absolute Gasteiger partial charge is 0.177 e. The van der Waals surface area contributed by atoms with Gasteiger partial charge in [0, 0.05) is 0 Å². The molecule has 1 aliphatic rings. The predicted octanol–water partition coefficient (Wildman–Crippen LogP) is 0.573. The second kappa shape index (κ2) is 3.52. The van der Waals surface area contributed by atoms with Gasteiger partial charge in [0.15, 0.2) is 7.28 Å². The van der Waals surface area contributed by atoms with E-state index in [0.717, 1.165) is 20.2 Å². The van der Waals surface area contributed by atoms with Gasteiger partial charge in [-0.05, 0) is 19.4 Å². The summed E-state index contributed by atoms with van der Waals surface area (Å²) in [6.45, 7) is 0.817. The molecule has 0 aromatic rings. The lowest BCUT2D eigenvalue weighted by atomic mass is 9.71. The summed E-state index contributed by atoms with van der Waals surface area (Å²) in [5.74, 6) is 2.19. The molecule has 1 aliphatic heterocycles. The molecule has 0 atom stereocenters. The van der Waals surface area contributed by atoms with Crippen LogP contribution in [0.3, 0.4) is 0 Å². The van der Waals surface area contributed by atoms with Crippen molar-refractivity contribution in [3.63, 3.8) is 0 Å². The molecule has 2 heteroatoms. The van der Waals surface area contributed by atoms with Crippen LogP contribution in [0.15, 0.2) is 23.6 Å². The van der Waals surface area contributed by atoms with Crippen LogP contribution in [-0.4, -0.2) is 13.8 Å². The second-order valence-electron chi connectivity index (χ2n) is 2.35. The standard InChI is InChI=1S/C7H12BN/c9-6-2-4-7-3-1-5-8-7/h1,3,5,8H,2,4,6,9H2.